The third-order valence-electron chi connectivity index (χ3n) is 4.02. The number of anilines is 1. The molecule has 0 saturated heterocycles. The number of nitriles is 1. The average molecular weight is 427 g/mol. The van der Waals surface area contributed by atoms with E-state index in [9.17, 15) is 4.79 Å². The summed E-state index contributed by atoms with van der Waals surface area (Å²) >= 11 is 12.3. The number of rotatable bonds is 6. The van der Waals surface area contributed by atoms with Crippen molar-refractivity contribution in [1.82, 2.24) is 0 Å². The lowest BCUT2D eigenvalue weighted by Gasteiger charge is -2.13. The van der Waals surface area contributed by atoms with Crippen molar-refractivity contribution in [2.24, 2.45) is 0 Å². The normalized spacial score (nSPS) is 10.1. The van der Waals surface area contributed by atoms with Gasteiger partial charge in [-0.3, -0.25) is 4.79 Å². The van der Waals surface area contributed by atoms with E-state index >= 15 is 0 Å². The number of halogens is 2. The summed E-state index contributed by atoms with van der Waals surface area (Å²) in [7, 11) is 1.51. The summed E-state index contributed by atoms with van der Waals surface area (Å²) in [4.78, 5) is 12.4. The molecule has 1 amide bonds. The van der Waals surface area contributed by atoms with Crippen LogP contribution in [0.3, 0.4) is 0 Å². The zero-order valence-corrected chi connectivity index (χ0v) is 16.9. The van der Waals surface area contributed by atoms with Crippen LogP contribution in [0, 0.1) is 11.3 Å². The fraction of sp³-hybridized carbons (Fsp3) is 0.0909. The van der Waals surface area contributed by atoms with E-state index in [1.165, 1.54) is 7.11 Å². The minimum atomic E-state index is -0.223. The van der Waals surface area contributed by atoms with Crippen LogP contribution in [0.15, 0.2) is 60.7 Å². The molecule has 3 rings (SSSR count). The third-order valence-corrected chi connectivity index (χ3v) is 4.66. The Bertz CT molecular complexity index is 1090. The lowest BCUT2D eigenvalue weighted by molar-refractivity contribution is -0.115. The number of nitrogens with zero attached hydrogens (tertiary/aromatic N) is 1. The summed E-state index contributed by atoms with van der Waals surface area (Å²) in [5, 5.41) is 12.7. The van der Waals surface area contributed by atoms with E-state index in [-0.39, 0.29) is 12.3 Å². The first kappa shape index (κ1) is 20.5. The standard InChI is InChI=1S/C22H16Cl2N2O3/c1-28-19-9-7-14(12-22(27)26-18-5-3-2-4-16(18)23)10-21(19)29-20-11-15(13-25)6-8-17(20)24/h2-11H,12H2,1H3,(H,26,27). The van der Waals surface area contributed by atoms with Gasteiger partial charge in [-0.2, -0.15) is 5.26 Å². The fourth-order valence-corrected chi connectivity index (χ4v) is 2.96. The molecule has 3 aromatic carbocycles. The van der Waals surface area contributed by atoms with Crippen LogP contribution in [0.2, 0.25) is 10.0 Å². The number of carbonyl (C=O) groups excluding carboxylic acids is 1. The smallest absolute Gasteiger partial charge is 0.228 e. The molecule has 0 fully saturated rings. The first-order valence-electron chi connectivity index (χ1n) is 8.59. The maximum atomic E-state index is 12.4. The second-order valence-corrected chi connectivity index (χ2v) is 6.86. The van der Waals surface area contributed by atoms with E-state index in [4.69, 9.17) is 37.9 Å². The van der Waals surface area contributed by atoms with E-state index in [2.05, 4.69) is 5.32 Å². The number of para-hydroxylation sites is 1. The number of hydrogen-bond donors (Lipinski definition) is 1. The summed E-state index contributed by atoms with van der Waals surface area (Å²) in [5.74, 6) is 0.951. The molecule has 0 aliphatic rings. The van der Waals surface area contributed by atoms with Crippen LogP contribution in [0.4, 0.5) is 5.69 Å². The Morgan fingerprint density at radius 2 is 1.79 bits per heavy atom. The fourth-order valence-electron chi connectivity index (χ4n) is 2.62. The van der Waals surface area contributed by atoms with Crippen molar-refractivity contribution in [3.8, 4) is 23.3 Å². The monoisotopic (exact) mass is 426 g/mol. The van der Waals surface area contributed by atoms with Gasteiger partial charge in [-0.1, -0.05) is 41.4 Å². The molecule has 5 nitrogen and oxygen atoms in total. The van der Waals surface area contributed by atoms with Gasteiger partial charge in [0.25, 0.3) is 0 Å². The lowest BCUT2D eigenvalue weighted by atomic mass is 10.1. The number of carbonyl (C=O) groups is 1. The molecule has 29 heavy (non-hydrogen) atoms. The second kappa shape index (κ2) is 9.33. The molecule has 0 aliphatic heterocycles. The SMILES string of the molecule is COc1ccc(CC(=O)Nc2ccccc2Cl)cc1Oc1cc(C#N)ccc1Cl. The molecule has 0 atom stereocenters. The van der Waals surface area contributed by atoms with Gasteiger partial charge in [0.15, 0.2) is 11.5 Å². The van der Waals surface area contributed by atoms with Crippen LogP contribution in [0.5, 0.6) is 17.2 Å². The van der Waals surface area contributed by atoms with Crippen molar-refractivity contribution < 1.29 is 14.3 Å². The molecule has 0 unspecified atom stereocenters. The molecule has 0 spiro atoms. The number of methoxy groups -OCH3 is 1. The van der Waals surface area contributed by atoms with E-state index in [1.807, 2.05) is 6.07 Å². The highest BCUT2D eigenvalue weighted by Gasteiger charge is 2.13. The molecule has 0 heterocycles. The number of amides is 1. The predicted octanol–water partition coefficient (Wildman–Crippen LogP) is 5.85. The van der Waals surface area contributed by atoms with E-state index < -0.39 is 0 Å². The van der Waals surface area contributed by atoms with E-state index in [0.29, 0.717) is 44.1 Å². The summed E-state index contributed by atoms with van der Waals surface area (Å²) in [5.41, 5.74) is 1.67. The Morgan fingerprint density at radius 3 is 2.52 bits per heavy atom. The Morgan fingerprint density at radius 1 is 1.00 bits per heavy atom. The van der Waals surface area contributed by atoms with E-state index in [0.717, 1.165) is 0 Å². The highest BCUT2D eigenvalue weighted by molar-refractivity contribution is 6.33. The highest BCUT2D eigenvalue weighted by Crippen LogP contribution is 2.36. The van der Waals surface area contributed by atoms with Gasteiger partial charge >= 0.3 is 0 Å². The topological polar surface area (TPSA) is 71.3 Å². The first-order chi connectivity index (χ1) is 14.0. The van der Waals surface area contributed by atoms with Crippen LogP contribution >= 0.6 is 23.2 Å². The quantitative estimate of drug-likeness (QED) is 0.536. The minimum Gasteiger partial charge on any atom is -0.493 e. The molecule has 0 saturated carbocycles. The Balaban J connectivity index is 1.81. The van der Waals surface area contributed by atoms with Crippen molar-refractivity contribution in [2.45, 2.75) is 6.42 Å². The molecule has 146 valence electrons. The Labute approximate surface area is 178 Å². The predicted molar refractivity (Wildman–Crippen MR) is 113 cm³/mol. The van der Waals surface area contributed by atoms with Crippen LogP contribution in [-0.2, 0) is 11.2 Å². The zero-order chi connectivity index (χ0) is 20.8. The molecule has 0 radical (unpaired) electrons. The van der Waals surface area contributed by atoms with Crippen molar-refractivity contribution in [3.63, 3.8) is 0 Å². The maximum Gasteiger partial charge on any atom is 0.228 e. The average Bonchev–Trinajstić information content (AvgIpc) is 2.71. The van der Waals surface area contributed by atoms with Crippen LogP contribution in [0.25, 0.3) is 0 Å². The number of hydrogen-bond acceptors (Lipinski definition) is 4. The number of ether oxygens (including phenoxy) is 2. The Kier molecular flexibility index (Phi) is 6.61. The van der Waals surface area contributed by atoms with Gasteiger partial charge in [-0.05, 0) is 42.0 Å². The van der Waals surface area contributed by atoms with Crippen molar-refractivity contribution in [1.29, 1.82) is 5.26 Å². The van der Waals surface area contributed by atoms with Gasteiger partial charge in [0.1, 0.15) is 5.75 Å². The number of nitrogens with one attached hydrogen (secondary N) is 1. The number of benzene rings is 3. The van der Waals surface area contributed by atoms with Crippen molar-refractivity contribution >= 4 is 34.8 Å². The summed E-state index contributed by atoms with van der Waals surface area (Å²) in [6.07, 6.45) is 0.109. The van der Waals surface area contributed by atoms with Gasteiger partial charge in [0, 0.05) is 6.07 Å². The Hall–Kier alpha value is -3.20. The van der Waals surface area contributed by atoms with Gasteiger partial charge in [0.2, 0.25) is 5.91 Å². The molecule has 0 aliphatic carbocycles. The maximum absolute atomic E-state index is 12.4. The van der Waals surface area contributed by atoms with Crippen LogP contribution in [-0.4, -0.2) is 13.0 Å². The summed E-state index contributed by atoms with van der Waals surface area (Å²) in [6.45, 7) is 0. The van der Waals surface area contributed by atoms with Gasteiger partial charge in [-0.25, -0.2) is 0 Å². The third kappa shape index (κ3) is 5.20. The molecule has 0 aromatic heterocycles. The van der Waals surface area contributed by atoms with Gasteiger partial charge in [0.05, 0.1) is 40.9 Å². The minimum absolute atomic E-state index is 0.109. The molecule has 7 heteroatoms. The van der Waals surface area contributed by atoms with E-state index in [1.54, 1.807) is 60.7 Å². The second-order valence-electron chi connectivity index (χ2n) is 6.05. The summed E-state index contributed by atoms with van der Waals surface area (Å²) < 4.78 is 11.2. The largest absolute Gasteiger partial charge is 0.493 e. The molecular formula is C22H16Cl2N2O3. The molecular weight excluding hydrogens is 411 g/mol. The van der Waals surface area contributed by atoms with Crippen LogP contribution < -0.4 is 14.8 Å². The molecule has 3 aromatic rings. The van der Waals surface area contributed by atoms with Crippen LogP contribution in [0.1, 0.15) is 11.1 Å². The first-order valence-corrected chi connectivity index (χ1v) is 9.34. The highest BCUT2D eigenvalue weighted by atomic mass is 35.5. The van der Waals surface area contributed by atoms with Crippen molar-refractivity contribution in [2.75, 3.05) is 12.4 Å². The summed E-state index contributed by atoms with van der Waals surface area (Å²) in [6, 6.07) is 18.9. The van der Waals surface area contributed by atoms with Crippen molar-refractivity contribution in [3.05, 3.63) is 81.8 Å². The van der Waals surface area contributed by atoms with Gasteiger partial charge in [-0.15, -0.1) is 0 Å². The molecule has 0 bridgehead atoms. The lowest BCUT2D eigenvalue weighted by Crippen LogP contribution is -2.14. The molecule has 1 N–H and O–H groups in total. The van der Waals surface area contributed by atoms with Gasteiger partial charge < -0.3 is 14.8 Å². The zero-order valence-electron chi connectivity index (χ0n) is 15.4.